The summed E-state index contributed by atoms with van der Waals surface area (Å²) in [4.78, 5) is 18.7. The Morgan fingerprint density at radius 1 is 0.562 bits per heavy atom. The number of esters is 1. The minimum absolute atomic E-state index is 0.194. The topological polar surface area (TPSA) is 48.4 Å². The summed E-state index contributed by atoms with van der Waals surface area (Å²) < 4.78 is 5.76. The number of ether oxygens (including phenoxy) is 1. The molecule has 6 heteroatoms. The molecule has 0 fully saturated rings. The molecule has 2 aliphatic heterocycles. The minimum atomic E-state index is -1.23. The highest BCUT2D eigenvalue weighted by Gasteiger charge is 2.69. The molecule has 8 rings (SSSR count). The van der Waals surface area contributed by atoms with E-state index in [0.717, 1.165) is 39.3 Å². The maximum Gasteiger partial charge on any atom is 0.376 e. The zero-order valence-electron chi connectivity index (χ0n) is 26.6. The third-order valence-electron chi connectivity index (χ3n) is 9.21. The van der Waals surface area contributed by atoms with Crippen LogP contribution in [0.3, 0.4) is 0 Å². The Balaban J connectivity index is 1.59. The Morgan fingerprint density at radius 2 is 1.00 bits per heavy atom. The summed E-state index contributed by atoms with van der Waals surface area (Å²) in [5.74, 6) is -1.53. The minimum Gasteiger partial charge on any atom is -0.460 e. The van der Waals surface area contributed by atoms with Crippen LogP contribution in [0.1, 0.15) is 29.2 Å². The second-order valence-corrected chi connectivity index (χ2v) is 11.8. The average molecular weight is 627 g/mol. The zero-order valence-corrected chi connectivity index (χ0v) is 26.6. The SMILES string of the molecule is CCOC(=O)C1=NN(c2ccccc2)[C@]2(c3ccccc3C(c3ccccc3)(c3ccccc3)N2c2ccccc2)N1c1ccccc1. The van der Waals surface area contributed by atoms with Gasteiger partial charge in [0, 0.05) is 16.9 Å². The number of hydrogen-bond donors (Lipinski definition) is 0. The fraction of sp³-hybridized carbons (Fsp3) is 0.0952. The quantitative estimate of drug-likeness (QED) is 0.166. The summed E-state index contributed by atoms with van der Waals surface area (Å²) in [6, 6.07) is 60.4. The number of carbonyl (C=O) groups excluding carboxylic acids is 1. The van der Waals surface area contributed by atoms with Gasteiger partial charge in [0.15, 0.2) is 0 Å². The summed E-state index contributed by atoms with van der Waals surface area (Å²) >= 11 is 0. The summed E-state index contributed by atoms with van der Waals surface area (Å²) in [7, 11) is 0. The van der Waals surface area contributed by atoms with Gasteiger partial charge < -0.3 is 9.64 Å². The van der Waals surface area contributed by atoms with Crippen LogP contribution < -0.4 is 14.8 Å². The van der Waals surface area contributed by atoms with Crippen molar-refractivity contribution in [2.75, 3.05) is 21.4 Å². The van der Waals surface area contributed by atoms with E-state index in [4.69, 9.17) is 9.84 Å². The van der Waals surface area contributed by atoms with Crippen molar-refractivity contribution in [3.8, 4) is 0 Å². The lowest BCUT2D eigenvalue weighted by molar-refractivity contribution is -0.135. The summed E-state index contributed by atoms with van der Waals surface area (Å²) in [5, 5.41) is 7.26. The Morgan fingerprint density at radius 3 is 1.52 bits per heavy atom. The van der Waals surface area contributed by atoms with E-state index in [-0.39, 0.29) is 12.4 Å². The van der Waals surface area contributed by atoms with E-state index in [1.54, 1.807) is 0 Å². The van der Waals surface area contributed by atoms with Gasteiger partial charge >= 0.3 is 5.97 Å². The number of para-hydroxylation sites is 3. The normalized spacial score (nSPS) is 17.7. The number of benzene rings is 6. The predicted molar refractivity (Wildman–Crippen MR) is 192 cm³/mol. The van der Waals surface area contributed by atoms with Crippen LogP contribution in [0.4, 0.5) is 17.1 Å². The molecule has 6 nitrogen and oxygen atoms in total. The first-order valence-corrected chi connectivity index (χ1v) is 16.2. The first-order valence-electron chi connectivity index (χ1n) is 16.2. The molecule has 6 aromatic carbocycles. The maximum atomic E-state index is 14.2. The van der Waals surface area contributed by atoms with Crippen LogP contribution >= 0.6 is 0 Å². The molecule has 0 aliphatic carbocycles. The van der Waals surface area contributed by atoms with Crippen LogP contribution in [0.25, 0.3) is 0 Å². The van der Waals surface area contributed by atoms with E-state index >= 15 is 0 Å². The fourth-order valence-electron chi connectivity index (χ4n) is 7.51. The number of nitrogens with zero attached hydrogens (tertiary/aromatic N) is 4. The van der Waals surface area contributed by atoms with Gasteiger partial charge in [0.05, 0.1) is 12.3 Å². The van der Waals surface area contributed by atoms with Crippen molar-refractivity contribution in [1.82, 2.24) is 0 Å². The van der Waals surface area contributed by atoms with E-state index < -0.39 is 17.3 Å². The number of anilines is 3. The van der Waals surface area contributed by atoms with Crippen molar-refractivity contribution in [3.63, 3.8) is 0 Å². The van der Waals surface area contributed by atoms with E-state index in [0.29, 0.717) is 0 Å². The molecule has 0 bridgehead atoms. The van der Waals surface area contributed by atoms with Gasteiger partial charge in [-0.25, -0.2) is 9.80 Å². The summed E-state index contributed by atoms with van der Waals surface area (Å²) in [6.07, 6.45) is 0. The van der Waals surface area contributed by atoms with E-state index in [1.165, 1.54) is 0 Å². The van der Waals surface area contributed by atoms with Gasteiger partial charge in [-0.2, -0.15) is 0 Å². The molecule has 2 aliphatic rings. The number of hydrazone groups is 1. The lowest BCUT2D eigenvalue weighted by atomic mass is 9.77. The van der Waals surface area contributed by atoms with E-state index in [2.05, 4.69) is 119 Å². The number of rotatable bonds is 7. The molecule has 1 spiro atoms. The smallest absolute Gasteiger partial charge is 0.376 e. The van der Waals surface area contributed by atoms with Crippen LogP contribution in [0.2, 0.25) is 0 Å². The number of fused-ring (bicyclic) bond motifs is 2. The van der Waals surface area contributed by atoms with Gasteiger partial charge in [0.2, 0.25) is 11.6 Å². The molecule has 1 atom stereocenters. The zero-order chi connectivity index (χ0) is 32.6. The van der Waals surface area contributed by atoms with Gasteiger partial charge in [0.25, 0.3) is 0 Å². The molecule has 6 aromatic rings. The molecule has 0 amide bonds. The van der Waals surface area contributed by atoms with Gasteiger partial charge in [0.1, 0.15) is 5.54 Å². The van der Waals surface area contributed by atoms with Crippen molar-refractivity contribution in [1.29, 1.82) is 0 Å². The lowest BCUT2D eigenvalue weighted by Gasteiger charge is -2.53. The Bertz CT molecular complexity index is 2030. The average Bonchev–Trinajstić information content (AvgIpc) is 3.65. The maximum absolute atomic E-state index is 14.2. The Kier molecular flexibility index (Phi) is 7.26. The molecule has 0 saturated carbocycles. The Hall–Kier alpha value is -6.14. The monoisotopic (exact) mass is 626 g/mol. The van der Waals surface area contributed by atoms with E-state index in [9.17, 15) is 4.79 Å². The standard InChI is InChI=1S/C42H34N4O2/c1-2-48-40(47)39-43-46(36-28-16-7-17-29-36)42(44(39)34-24-12-5-13-25-34)38-31-19-18-30-37(38)41(32-20-8-3-9-21-32,33-22-10-4-11-23-33)45(42)35-26-14-6-15-27-35/h3-31H,2H2,1H3/t42-/m1/s1. The van der Waals surface area contributed by atoms with Crippen molar-refractivity contribution >= 4 is 28.9 Å². The first kappa shape index (κ1) is 29.3. The highest BCUT2D eigenvalue weighted by atomic mass is 16.5. The highest BCUT2D eigenvalue weighted by molar-refractivity contribution is 6.42. The molecular weight excluding hydrogens is 592 g/mol. The largest absolute Gasteiger partial charge is 0.460 e. The molecule has 48 heavy (non-hydrogen) atoms. The lowest BCUT2D eigenvalue weighted by Crippen LogP contribution is -2.66. The molecular formula is C42H34N4O2. The predicted octanol–water partition coefficient (Wildman–Crippen LogP) is 8.51. The van der Waals surface area contributed by atoms with Gasteiger partial charge in [-0.3, -0.25) is 4.90 Å². The molecule has 0 radical (unpaired) electrons. The number of hydrogen-bond acceptors (Lipinski definition) is 6. The van der Waals surface area contributed by atoms with Gasteiger partial charge in [-0.05, 0) is 60.0 Å². The van der Waals surface area contributed by atoms with Crippen molar-refractivity contribution < 1.29 is 9.53 Å². The van der Waals surface area contributed by atoms with Gasteiger partial charge in [-0.1, -0.05) is 140 Å². The van der Waals surface area contributed by atoms with Crippen LogP contribution in [0, 0.1) is 0 Å². The fourth-order valence-corrected chi connectivity index (χ4v) is 7.51. The molecule has 2 heterocycles. The molecule has 0 unspecified atom stereocenters. The molecule has 0 aromatic heterocycles. The highest BCUT2D eigenvalue weighted by Crippen LogP contribution is 2.62. The summed E-state index contributed by atoms with van der Waals surface area (Å²) in [6.45, 7) is 2.04. The molecule has 234 valence electrons. The molecule has 0 saturated heterocycles. The van der Waals surface area contributed by atoms with Crippen LogP contribution in [0.15, 0.2) is 181 Å². The third-order valence-corrected chi connectivity index (χ3v) is 9.21. The van der Waals surface area contributed by atoms with Crippen molar-refractivity contribution in [3.05, 3.63) is 198 Å². The molecule has 0 N–H and O–H groups in total. The Labute approximate surface area is 280 Å². The van der Waals surface area contributed by atoms with Crippen LogP contribution in [-0.2, 0) is 20.9 Å². The van der Waals surface area contributed by atoms with E-state index in [1.807, 2.05) is 78.7 Å². The third kappa shape index (κ3) is 4.19. The van der Waals surface area contributed by atoms with Gasteiger partial charge in [-0.15, -0.1) is 5.10 Å². The second-order valence-electron chi connectivity index (χ2n) is 11.8. The van der Waals surface area contributed by atoms with Crippen LogP contribution in [0.5, 0.6) is 0 Å². The van der Waals surface area contributed by atoms with Crippen molar-refractivity contribution in [2.45, 2.75) is 18.2 Å². The van der Waals surface area contributed by atoms with Crippen LogP contribution in [-0.4, -0.2) is 18.4 Å². The summed E-state index contributed by atoms with van der Waals surface area (Å²) in [5.41, 5.74) is 5.92. The number of amidine groups is 1. The first-order chi connectivity index (χ1) is 23.7. The van der Waals surface area contributed by atoms with Crippen molar-refractivity contribution in [2.24, 2.45) is 5.10 Å². The number of carbonyl (C=O) groups is 1. The second kappa shape index (κ2) is 11.9.